The van der Waals surface area contributed by atoms with E-state index in [9.17, 15) is 10.1 Å². The van der Waals surface area contributed by atoms with Crippen molar-refractivity contribution in [3.05, 3.63) is 59.2 Å². The molecular weight excluding hydrogens is 386 g/mol. The number of nitriles is 1. The Bertz CT molecular complexity index is 1050. The van der Waals surface area contributed by atoms with Gasteiger partial charge in [0.2, 0.25) is 0 Å². The van der Waals surface area contributed by atoms with Crippen LogP contribution in [0.1, 0.15) is 58.1 Å². The number of amides is 1. The molecule has 1 aliphatic heterocycles. The summed E-state index contributed by atoms with van der Waals surface area (Å²) in [7, 11) is 1.57. The molecule has 1 atom stereocenters. The van der Waals surface area contributed by atoms with E-state index in [1.165, 1.54) is 11.3 Å². The number of hydrogen-bond donors (Lipinski definition) is 1. The first-order valence-corrected chi connectivity index (χ1v) is 10.7. The molecule has 0 fully saturated rings. The number of fused-ring (bicyclic) bond motifs is 1. The van der Waals surface area contributed by atoms with E-state index in [-0.39, 0.29) is 11.1 Å². The molecule has 0 saturated carbocycles. The molecule has 2 aromatic rings. The Kier molecular flexibility index (Phi) is 6.40. The van der Waals surface area contributed by atoms with Crippen molar-refractivity contribution in [2.45, 2.75) is 58.5 Å². The average Bonchev–Trinajstić information content (AvgIpc) is 2.71. The summed E-state index contributed by atoms with van der Waals surface area (Å²) in [4.78, 5) is 15.1. The molecule has 0 saturated heterocycles. The molecule has 1 amide bonds. The zero-order valence-electron chi connectivity index (χ0n) is 19.2. The van der Waals surface area contributed by atoms with E-state index < -0.39 is 5.91 Å². The van der Waals surface area contributed by atoms with Crippen LogP contribution in [0.3, 0.4) is 0 Å². The molecule has 0 bridgehead atoms. The Morgan fingerprint density at radius 1 is 1.29 bits per heavy atom. The van der Waals surface area contributed by atoms with Crippen molar-refractivity contribution >= 4 is 23.4 Å². The summed E-state index contributed by atoms with van der Waals surface area (Å²) in [6.07, 6.45) is 2.70. The summed E-state index contributed by atoms with van der Waals surface area (Å²) in [5.74, 6) is 0.595. The second kappa shape index (κ2) is 8.85. The quantitative estimate of drug-likeness (QED) is 0.497. The number of methoxy groups -OCH3 is 1. The topological polar surface area (TPSA) is 65.4 Å². The minimum atomic E-state index is -0.438. The van der Waals surface area contributed by atoms with Crippen LogP contribution in [-0.2, 0) is 4.79 Å². The van der Waals surface area contributed by atoms with Crippen LogP contribution in [0.4, 0.5) is 11.4 Å². The maximum Gasteiger partial charge on any atom is 0.266 e. The molecule has 3 rings (SSSR count). The number of benzene rings is 2. The first-order valence-electron chi connectivity index (χ1n) is 10.7. The maximum absolute atomic E-state index is 12.7. The van der Waals surface area contributed by atoms with E-state index in [0.717, 1.165) is 12.0 Å². The fourth-order valence-corrected chi connectivity index (χ4v) is 4.75. The highest BCUT2D eigenvalue weighted by Crippen LogP contribution is 2.44. The third-order valence-electron chi connectivity index (χ3n) is 5.82. The summed E-state index contributed by atoms with van der Waals surface area (Å²) < 4.78 is 5.19. The smallest absolute Gasteiger partial charge is 0.266 e. The number of ether oxygens (including phenoxy) is 1. The van der Waals surface area contributed by atoms with Gasteiger partial charge in [-0.25, -0.2) is 0 Å². The fourth-order valence-electron chi connectivity index (χ4n) is 4.75. The molecule has 0 unspecified atom stereocenters. The zero-order valence-corrected chi connectivity index (χ0v) is 19.2. The lowest BCUT2D eigenvalue weighted by Crippen LogP contribution is -2.51. The predicted octanol–water partition coefficient (Wildman–Crippen LogP) is 5.74. The molecule has 0 spiro atoms. The van der Waals surface area contributed by atoms with Gasteiger partial charge in [-0.1, -0.05) is 19.1 Å². The second-order valence-electron chi connectivity index (χ2n) is 9.06. The third kappa shape index (κ3) is 4.74. The number of hydrogen-bond acceptors (Lipinski definition) is 4. The molecular formula is C26H31N3O2. The van der Waals surface area contributed by atoms with Crippen molar-refractivity contribution in [3.63, 3.8) is 0 Å². The molecule has 1 heterocycles. The van der Waals surface area contributed by atoms with Crippen molar-refractivity contribution in [1.82, 2.24) is 0 Å². The lowest BCUT2D eigenvalue weighted by molar-refractivity contribution is -0.112. The fraction of sp³-hybridized carbons (Fsp3) is 0.385. The Morgan fingerprint density at radius 3 is 2.68 bits per heavy atom. The monoisotopic (exact) mass is 417 g/mol. The molecule has 1 N–H and O–H groups in total. The van der Waals surface area contributed by atoms with Gasteiger partial charge in [0, 0.05) is 29.0 Å². The first kappa shape index (κ1) is 22.4. The Balaban J connectivity index is 1.91. The van der Waals surface area contributed by atoms with E-state index in [1.807, 2.05) is 12.1 Å². The summed E-state index contributed by atoms with van der Waals surface area (Å²) in [6, 6.07) is 15.7. The second-order valence-corrected chi connectivity index (χ2v) is 9.06. The standard InChI is InChI=1S/C26H31N3O2/c1-17(2)29-24-11-10-19(13-23(24)18(3)15-26(29,4)5)12-20(16-27)25(30)28-21-8-7-9-22(14-21)31-6/h7-14,17-18H,15H2,1-6H3,(H,28,30)/b20-12-/t18-/m1/s1. The van der Waals surface area contributed by atoms with Gasteiger partial charge in [0.1, 0.15) is 17.4 Å². The van der Waals surface area contributed by atoms with Crippen LogP contribution >= 0.6 is 0 Å². The SMILES string of the molecule is COc1cccc(NC(=O)/C(C#N)=C\c2ccc3c(c2)[C@H](C)CC(C)(C)N3C(C)C)c1. The van der Waals surface area contributed by atoms with Crippen molar-refractivity contribution in [2.24, 2.45) is 0 Å². The molecule has 0 aromatic heterocycles. The third-order valence-corrected chi connectivity index (χ3v) is 5.82. The molecule has 31 heavy (non-hydrogen) atoms. The van der Waals surface area contributed by atoms with Crippen LogP contribution < -0.4 is 15.0 Å². The van der Waals surface area contributed by atoms with Gasteiger partial charge in [0.05, 0.1) is 7.11 Å². The summed E-state index contributed by atoms with van der Waals surface area (Å²) in [6.45, 7) is 11.2. The van der Waals surface area contributed by atoms with Crippen LogP contribution in [0.2, 0.25) is 0 Å². The van der Waals surface area contributed by atoms with E-state index in [4.69, 9.17) is 4.74 Å². The molecule has 0 aliphatic carbocycles. The van der Waals surface area contributed by atoms with Gasteiger partial charge >= 0.3 is 0 Å². The lowest BCUT2D eigenvalue weighted by atomic mass is 9.79. The lowest BCUT2D eigenvalue weighted by Gasteiger charge is -2.50. The summed E-state index contributed by atoms with van der Waals surface area (Å²) >= 11 is 0. The molecule has 5 nitrogen and oxygen atoms in total. The molecule has 2 aromatic carbocycles. The highest BCUT2D eigenvalue weighted by molar-refractivity contribution is 6.09. The van der Waals surface area contributed by atoms with Crippen LogP contribution in [0.5, 0.6) is 5.75 Å². The van der Waals surface area contributed by atoms with Crippen LogP contribution in [0, 0.1) is 11.3 Å². The number of nitrogens with one attached hydrogen (secondary N) is 1. The van der Waals surface area contributed by atoms with Crippen molar-refractivity contribution in [1.29, 1.82) is 5.26 Å². The zero-order chi connectivity index (χ0) is 22.8. The first-order chi connectivity index (χ1) is 14.7. The predicted molar refractivity (Wildman–Crippen MR) is 126 cm³/mol. The maximum atomic E-state index is 12.7. The van der Waals surface area contributed by atoms with E-state index in [0.29, 0.717) is 23.4 Å². The van der Waals surface area contributed by atoms with Crippen molar-refractivity contribution < 1.29 is 9.53 Å². The highest BCUT2D eigenvalue weighted by atomic mass is 16.5. The number of rotatable bonds is 5. The Labute approximate surface area is 185 Å². The normalized spacial score (nSPS) is 17.7. The van der Waals surface area contributed by atoms with E-state index >= 15 is 0 Å². The number of nitrogens with zero attached hydrogens (tertiary/aromatic N) is 2. The minimum Gasteiger partial charge on any atom is -0.497 e. The average molecular weight is 418 g/mol. The highest BCUT2D eigenvalue weighted by Gasteiger charge is 2.37. The van der Waals surface area contributed by atoms with E-state index in [2.05, 4.69) is 57.0 Å². The summed E-state index contributed by atoms with van der Waals surface area (Å²) in [5.41, 5.74) is 4.06. The molecule has 0 radical (unpaired) electrons. The molecule has 5 heteroatoms. The Morgan fingerprint density at radius 2 is 2.03 bits per heavy atom. The van der Waals surface area contributed by atoms with Gasteiger partial charge in [-0.05, 0) is 81.5 Å². The van der Waals surface area contributed by atoms with Crippen LogP contribution in [0.15, 0.2) is 48.0 Å². The van der Waals surface area contributed by atoms with Gasteiger partial charge in [0.15, 0.2) is 0 Å². The van der Waals surface area contributed by atoms with Gasteiger partial charge in [-0.3, -0.25) is 4.79 Å². The van der Waals surface area contributed by atoms with Gasteiger partial charge in [-0.15, -0.1) is 0 Å². The van der Waals surface area contributed by atoms with Gasteiger partial charge in [0.25, 0.3) is 5.91 Å². The Hall–Kier alpha value is -3.26. The largest absolute Gasteiger partial charge is 0.497 e. The van der Waals surface area contributed by atoms with Crippen molar-refractivity contribution in [2.75, 3.05) is 17.3 Å². The van der Waals surface area contributed by atoms with Crippen LogP contribution in [0.25, 0.3) is 6.08 Å². The van der Waals surface area contributed by atoms with Gasteiger partial charge in [-0.2, -0.15) is 5.26 Å². The summed E-state index contributed by atoms with van der Waals surface area (Å²) in [5, 5.41) is 12.4. The minimum absolute atomic E-state index is 0.0623. The van der Waals surface area contributed by atoms with Crippen molar-refractivity contribution in [3.8, 4) is 11.8 Å². The van der Waals surface area contributed by atoms with Crippen LogP contribution in [-0.4, -0.2) is 24.6 Å². The number of carbonyl (C=O) groups excluding carboxylic acids is 1. The van der Waals surface area contributed by atoms with E-state index in [1.54, 1.807) is 37.5 Å². The molecule has 1 aliphatic rings. The van der Waals surface area contributed by atoms with Gasteiger partial charge < -0.3 is 15.0 Å². The molecule has 162 valence electrons. The number of carbonyl (C=O) groups is 1. The number of anilines is 2.